The largest absolute Gasteiger partial charge is 0.369 e. The van der Waals surface area contributed by atoms with E-state index in [0.29, 0.717) is 0 Å². The molecule has 138 valence electrons. The summed E-state index contributed by atoms with van der Waals surface area (Å²) >= 11 is 1.34. The molecule has 3 rings (SSSR count). The van der Waals surface area contributed by atoms with Gasteiger partial charge in [0.1, 0.15) is 5.82 Å². The molecule has 0 aromatic heterocycles. The molecule has 0 radical (unpaired) electrons. The molecule has 1 fully saturated rings. The van der Waals surface area contributed by atoms with Crippen molar-refractivity contribution in [2.24, 2.45) is 0 Å². The number of hydrogen-bond acceptors (Lipinski definition) is 4. The van der Waals surface area contributed by atoms with E-state index >= 15 is 0 Å². The third-order valence-electron chi connectivity index (χ3n) is 4.44. The van der Waals surface area contributed by atoms with E-state index in [1.807, 2.05) is 42.5 Å². The van der Waals surface area contributed by atoms with Crippen LogP contribution in [0.2, 0.25) is 0 Å². The lowest BCUT2D eigenvalue weighted by Crippen LogP contribution is -2.46. The first kappa shape index (κ1) is 18.7. The standard InChI is InChI=1S/C20H24FN3OS/c21-17-7-9-19(10-8-17)24-14-12-23(13-15-24)11-4-16-26-20(25)22-18-5-2-1-3-6-18/h1-3,5-10H,4,11-16H2,(H,22,25). The van der Waals surface area contributed by atoms with E-state index in [4.69, 9.17) is 0 Å². The van der Waals surface area contributed by atoms with Gasteiger partial charge in [-0.25, -0.2) is 4.39 Å². The Morgan fingerprint density at radius 2 is 1.69 bits per heavy atom. The number of nitrogens with one attached hydrogen (secondary N) is 1. The van der Waals surface area contributed by atoms with Gasteiger partial charge >= 0.3 is 0 Å². The van der Waals surface area contributed by atoms with Crippen molar-refractivity contribution in [3.8, 4) is 0 Å². The van der Waals surface area contributed by atoms with Crippen molar-refractivity contribution >= 4 is 28.4 Å². The van der Waals surface area contributed by atoms with Crippen molar-refractivity contribution in [3.63, 3.8) is 0 Å². The molecule has 6 heteroatoms. The molecule has 0 aliphatic carbocycles. The van der Waals surface area contributed by atoms with Gasteiger partial charge in [-0.15, -0.1) is 0 Å². The van der Waals surface area contributed by atoms with Gasteiger partial charge in [-0.05, 0) is 49.4 Å². The zero-order valence-corrected chi connectivity index (χ0v) is 15.6. The molecule has 0 unspecified atom stereocenters. The third kappa shape index (κ3) is 5.75. The molecule has 2 aromatic rings. The minimum atomic E-state index is -0.193. The summed E-state index contributed by atoms with van der Waals surface area (Å²) in [6.07, 6.45) is 0.990. The normalized spacial score (nSPS) is 15.0. The SMILES string of the molecule is O=C(Nc1ccccc1)SCCCN1CCN(c2ccc(F)cc2)CC1. The molecule has 1 heterocycles. The van der Waals surface area contributed by atoms with Gasteiger partial charge in [-0.2, -0.15) is 0 Å². The van der Waals surface area contributed by atoms with Crippen molar-refractivity contribution in [2.75, 3.05) is 48.7 Å². The van der Waals surface area contributed by atoms with E-state index in [2.05, 4.69) is 15.1 Å². The second-order valence-corrected chi connectivity index (χ2v) is 7.35. The van der Waals surface area contributed by atoms with E-state index in [1.165, 1.54) is 23.9 Å². The quantitative estimate of drug-likeness (QED) is 0.766. The smallest absolute Gasteiger partial charge is 0.283 e. The van der Waals surface area contributed by atoms with Gasteiger partial charge in [0.15, 0.2) is 0 Å². The molecular formula is C20H24FN3OS. The van der Waals surface area contributed by atoms with Crippen LogP contribution >= 0.6 is 11.8 Å². The summed E-state index contributed by atoms with van der Waals surface area (Å²) in [6.45, 7) is 4.90. The molecule has 1 amide bonds. The first-order chi connectivity index (χ1) is 12.7. The maximum absolute atomic E-state index is 13.0. The molecular weight excluding hydrogens is 349 g/mol. The fourth-order valence-corrected chi connectivity index (χ4v) is 3.66. The number of nitrogens with zero attached hydrogens (tertiary/aromatic N) is 2. The monoisotopic (exact) mass is 373 g/mol. The van der Waals surface area contributed by atoms with Crippen LogP contribution in [-0.2, 0) is 0 Å². The summed E-state index contributed by atoms with van der Waals surface area (Å²) in [5.41, 5.74) is 1.92. The predicted molar refractivity (Wildman–Crippen MR) is 108 cm³/mol. The van der Waals surface area contributed by atoms with Crippen LogP contribution in [0, 0.1) is 5.82 Å². The number of rotatable bonds is 6. The maximum Gasteiger partial charge on any atom is 0.283 e. The van der Waals surface area contributed by atoms with Crippen LogP contribution in [-0.4, -0.2) is 48.6 Å². The molecule has 1 aliphatic heterocycles. The average molecular weight is 373 g/mol. The fourth-order valence-electron chi connectivity index (χ4n) is 3.01. The molecule has 4 nitrogen and oxygen atoms in total. The van der Waals surface area contributed by atoms with E-state index in [9.17, 15) is 9.18 Å². The molecule has 2 aromatic carbocycles. The summed E-state index contributed by atoms with van der Waals surface area (Å²) in [4.78, 5) is 16.6. The number of thioether (sulfide) groups is 1. The molecule has 0 bridgehead atoms. The van der Waals surface area contributed by atoms with Crippen LogP contribution in [0.3, 0.4) is 0 Å². The molecule has 0 atom stereocenters. The number of carbonyl (C=O) groups is 1. The lowest BCUT2D eigenvalue weighted by atomic mass is 10.2. The van der Waals surface area contributed by atoms with Gasteiger partial charge < -0.3 is 10.2 Å². The van der Waals surface area contributed by atoms with E-state index in [0.717, 1.165) is 56.3 Å². The van der Waals surface area contributed by atoms with E-state index in [1.54, 1.807) is 0 Å². The Bertz CT molecular complexity index is 688. The average Bonchev–Trinajstić information content (AvgIpc) is 2.67. The number of piperazine rings is 1. The Kier molecular flexibility index (Phi) is 6.91. The number of amides is 1. The van der Waals surface area contributed by atoms with E-state index in [-0.39, 0.29) is 11.1 Å². The topological polar surface area (TPSA) is 35.6 Å². The third-order valence-corrected chi connectivity index (χ3v) is 5.29. The van der Waals surface area contributed by atoms with Crippen LogP contribution in [0.4, 0.5) is 20.6 Å². The van der Waals surface area contributed by atoms with Crippen molar-refractivity contribution in [3.05, 3.63) is 60.4 Å². The number of anilines is 2. The molecule has 1 aliphatic rings. The Balaban J connectivity index is 1.30. The maximum atomic E-state index is 13.0. The van der Waals surface area contributed by atoms with Gasteiger partial charge in [0.25, 0.3) is 5.24 Å². The second kappa shape index (κ2) is 9.59. The molecule has 0 spiro atoms. The number of para-hydroxylation sites is 1. The number of hydrogen-bond donors (Lipinski definition) is 1. The number of halogens is 1. The van der Waals surface area contributed by atoms with Crippen LogP contribution in [0.5, 0.6) is 0 Å². The van der Waals surface area contributed by atoms with Gasteiger partial charge in [0.2, 0.25) is 0 Å². The van der Waals surface area contributed by atoms with Crippen molar-refractivity contribution < 1.29 is 9.18 Å². The van der Waals surface area contributed by atoms with Gasteiger partial charge in [-0.3, -0.25) is 9.69 Å². The van der Waals surface area contributed by atoms with Gasteiger partial charge in [0, 0.05) is 43.3 Å². The van der Waals surface area contributed by atoms with Crippen molar-refractivity contribution in [2.45, 2.75) is 6.42 Å². The summed E-state index contributed by atoms with van der Waals surface area (Å²) in [7, 11) is 0. The van der Waals surface area contributed by atoms with Gasteiger partial charge in [0.05, 0.1) is 0 Å². The van der Waals surface area contributed by atoms with Crippen LogP contribution in [0.25, 0.3) is 0 Å². The van der Waals surface area contributed by atoms with Crippen molar-refractivity contribution in [1.29, 1.82) is 0 Å². The number of carbonyl (C=O) groups excluding carboxylic acids is 1. The first-order valence-electron chi connectivity index (χ1n) is 8.92. The van der Waals surface area contributed by atoms with Gasteiger partial charge in [-0.1, -0.05) is 30.0 Å². The summed E-state index contributed by atoms with van der Waals surface area (Å²) in [5, 5.41) is 2.88. The highest BCUT2D eigenvalue weighted by molar-refractivity contribution is 8.13. The lowest BCUT2D eigenvalue weighted by molar-refractivity contribution is 0.259. The Morgan fingerprint density at radius 1 is 1.00 bits per heavy atom. The van der Waals surface area contributed by atoms with Crippen LogP contribution in [0.15, 0.2) is 54.6 Å². The Hall–Kier alpha value is -2.05. The summed E-state index contributed by atoms with van der Waals surface area (Å²) < 4.78 is 13.0. The van der Waals surface area contributed by atoms with Crippen LogP contribution < -0.4 is 10.2 Å². The minimum absolute atomic E-state index is 0.00247. The molecule has 0 saturated carbocycles. The zero-order chi connectivity index (χ0) is 18.2. The molecule has 1 saturated heterocycles. The lowest BCUT2D eigenvalue weighted by Gasteiger charge is -2.36. The highest BCUT2D eigenvalue weighted by Crippen LogP contribution is 2.17. The highest BCUT2D eigenvalue weighted by Gasteiger charge is 2.17. The minimum Gasteiger partial charge on any atom is -0.369 e. The number of benzene rings is 2. The van der Waals surface area contributed by atoms with Crippen LogP contribution in [0.1, 0.15) is 6.42 Å². The summed E-state index contributed by atoms with van der Waals surface area (Å²) in [6, 6.07) is 16.2. The first-order valence-corrected chi connectivity index (χ1v) is 9.91. The summed E-state index contributed by atoms with van der Waals surface area (Å²) in [5.74, 6) is 0.623. The highest BCUT2D eigenvalue weighted by atomic mass is 32.2. The van der Waals surface area contributed by atoms with Crippen molar-refractivity contribution in [1.82, 2.24) is 4.90 Å². The molecule has 26 heavy (non-hydrogen) atoms. The molecule has 1 N–H and O–H groups in total. The second-order valence-electron chi connectivity index (χ2n) is 6.29. The fraction of sp³-hybridized carbons (Fsp3) is 0.350. The zero-order valence-electron chi connectivity index (χ0n) is 14.7. The van der Waals surface area contributed by atoms with E-state index < -0.39 is 0 Å². The predicted octanol–water partition coefficient (Wildman–Crippen LogP) is 4.30. The Labute approximate surface area is 158 Å². The Morgan fingerprint density at radius 3 is 2.38 bits per heavy atom.